The summed E-state index contributed by atoms with van der Waals surface area (Å²) in [5, 5.41) is 7.94. The number of rotatable bonds is 5. The number of ether oxygens (including phenoxy) is 1. The van der Waals surface area contributed by atoms with E-state index in [9.17, 15) is 13.2 Å². The van der Waals surface area contributed by atoms with Gasteiger partial charge in [-0.3, -0.25) is 9.69 Å². The largest absolute Gasteiger partial charge is 0.379 e. The van der Waals surface area contributed by atoms with E-state index in [0.29, 0.717) is 13.2 Å². The second-order valence-electron chi connectivity index (χ2n) is 5.36. The van der Waals surface area contributed by atoms with Crippen molar-refractivity contribution in [3.05, 3.63) is 29.8 Å². The number of primary sulfonamides is 1. The maximum Gasteiger partial charge on any atom is 0.251 e. The lowest BCUT2D eigenvalue weighted by molar-refractivity contribution is 0.0342. The third-order valence-corrected chi connectivity index (χ3v) is 4.35. The van der Waals surface area contributed by atoms with Crippen LogP contribution in [0, 0.1) is 0 Å². The quantitative estimate of drug-likeness (QED) is 0.779. The van der Waals surface area contributed by atoms with Crippen LogP contribution < -0.4 is 10.5 Å². The minimum absolute atomic E-state index is 0.0521. The Balaban J connectivity index is 1.96. The highest BCUT2D eigenvalue weighted by atomic mass is 32.2. The molecule has 0 bridgehead atoms. The highest BCUT2D eigenvalue weighted by molar-refractivity contribution is 7.89. The zero-order valence-corrected chi connectivity index (χ0v) is 13.3. The summed E-state index contributed by atoms with van der Waals surface area (Å²) in [6, 6.07) is 5.66. The molecule has 1 fully saturated rings. The van der Waals surface area contributed by atoms with Gasteiger partial charge >= 0.3 is 0 Å². The van der Waals surface area contributed by atoms with E-state index in [2.05, 4.69) is 10.2 Å². The Morgan fingerprint density at radius 3 is 2.73 bits per heavy atom. The summed E-state index contributed by atoms with van der Waals surface area (Å²) in [5.41, 5.74) is 0.278. The molecule has 1 heterocycles. The molecule has 3 N–H and O–H groups in total. The van der Waals surface area contributed by atoms with Crippen molar-refractivity contribution >= 4 is 15.9 Å². The van der Waals surface area contributed by atoms with Crippen molar-refractivity contribution in [1.29, 1.82) is 0 Å². The number of hydrogen-bond donors (Lipinski definition) is 2. The molecular formula is C14H21N3O4S. The van der Waals surface area contributed by atoms with E-state index in [4.69, 9.17) is 9.88 Å². The first-order valence-electron chi connectivity index (χ1n) is 7.10. The number of hydrogen-bond acceptors (Lipinski definition) is 5. The molecule has 1 saturated heterocycles. The molecule has 1 amide bonds. The van der Waals surface area contributed by atoms with Crippen LogP contribution in [0.3, 0.4) is 0 Å². The molecule has 1 unspecified atom stereocenters. The van der Waals surface area contributed by atoms with E-state index in [1.807, 2.05) is 6.92 Å². The van der Waals surface area contributed by atoms with Gasteiger partial charge in [-0.2, -0.15) is 0 Å². The van der Waals surface area contributed by atoms with E-state index < -0.39 is 10.0 Å². The minimum atomic E-state index is -3.81. The summed E-state index contributed by atoms with van der Waals surface area (Å²) in [4.78, 5) is 14.3. The Hall–Kier alpha value is -1.48. The number of sulfonamides is 1. The fraction of sp³-hybridized carbons (Fsp3) is 0.500. The first-order valence-corrected chi connectivity index (χ1v) is 8.65. The zero-order chi connectivity index (χ0) is 16.2. The minimum Gasteiger partial charge on any atom is -0.379 e. The zero-order valence-electron chi connectivity index (χ0n) is 12.5. The SMILES string of the molecule is CC(CN1CCOCC1)NC(=O)c1cccc(S(N)(=O)=O)c1. The van der Waals surface area contributed by atoms with E-state index in [0.717, 1.165) is 19.6 Å². The Bertz CT molecular complexity index is 627. The van der Waals surface area contributed by atoms with Gasteiger partial charge in [-0.25, -0.2) is 13.6 Å². The van der Waals surface area contributed by atoms with Gasteiger partial charge in [0.15, 0.2) is 0 Å². The lowest BCUT2D eigenvalue weighted by atomic mass is 10.2. The fourth-order valence-corrected chi connectivity index (χ4v) is 2.90. The average Bonchev–Trinajstić information content (AvgIpc) is 2.47. The van der Waals surface area contributed by atoms with Crippen LogP contribution in [0.5, 0.6) is 0 Å². The van der Waals surface area contributed by atoms with Crippen LogP contribution in [0.25, 0.3) is 0 Å². The Morgan fingerprint density at radius 1 is 1.41 bits per heavy atom. The molecule has 1 atom stereocenters. The summed E-state index contributed by atoms with van der Waals surface area (Å²) < 4.78 is 27.9. The first kappa shape index (κ1) is 16.9. The molecule has 0 aliphatic carbocycles. The average molecular weight is 327 g/mol. The summed E-state index contributed by atoms with van der Waals surface area (Å²) in [7, 11) is -3.81. The van der Waals surface area contributed by atoms with Crippen molar-refractivity contribution < 1.29 is 17.9 Å². The topological polar surface area (TPSA) is 102 Å². The first-order chi connectivity index (χ1) is 10.4. The molecule has 1 aliphatic rings. The molecule has 1 aliphatic heterocycles. The number of nitrogens with two attached hydrogens (primary N) is 1. The third kappa shape index (κ3) is 4.77. The number of carbonyl (C=O) groups is 1. The molecule has 0 spiro atoms. The molecule has 0 radical (unpaired) electrons. The molecule has 122 valence electrons. The molecule has 8 heteroatoms. The molecule has 0 aromatic heterocycles. The molecule has 0 saturated carbocycles. The van der Waals surface area contributed by atoms with Crippen molar-refractivity contribution in [2.24, 2.45) is 5.14 Å². The summed E-state index contributed by atoms with van der Waals surface area (Å²) in [6.45, 7) is 5.75. The van der Waals surface area contributed by atoms with Gasteiger partial charge in [0.05, 0.1) is 18.1 Å². The number of amides is 1. The van der Waals surface area contributed by atoms with Crippen molar-refractivity contribution in [3.8, 4) is 0 Å². The lowest BCUT2D eigenvalue weighted by Gasteiger charge is -2.29. The Labute approximate surface area is 130 Å². The second-order valence-corrected chi connectivity index (χ2v) is 6.92. The highest BCUT2D eigenvalue weighted by Crippen LogP contribution is 2.10. The van der Waals surface area contributed by atoms with Gasteiger partial charge in [0.2, 0.25) is 10.0 Å². The third-order valence-electron chi connectivity index (χ3n) is 3.44. The van der Waals surface area contributed by atoms with Crippen molar-refractivity contribution in [1.82, 2.24) is 10.2 Å². The molecule has 2 rings (SSSR count). The lowest BCUT2D eigenvalue weighted by Crippen LogP contribution is -2.46. The van der Waals surface area contributed by atoms with Gasteiger partial charge in [0, 0.05) is 31.2 Å². The van der Waals surface area contributed by atoms with Crippen LogP contribution in [0.15, 0.2) is 29.2 Å². The Kier molecular flexibility index (Phi) is 5.52. The van der Waals surface area contributed by atoms with E-state index in [1.165, 1.54) is 18.2 Å². The standard InChI is InChI=1S/C14H21N3O4S/c1-11(10-17-5-7-21-8-6-17)16-14(18)12-3-2-4-13(9-12)22(15,19)20/h2-4,9,11H,5-8,10H2,1H3,(H,16,18)(H2,15,19,20). The molecule has 1 aromatic carbocycles. The number of morpholine rings is 1. The number of benzene rings is 1. The summed E-state index contributed by atoms with van der Waals surface area (Å²) in [6.07, 6.45) is 0. The molecule has 7 nitrogen and oxygen atoms in total. The molecule has 22 heavy (non-hydrogen) atoms. The van der Waals surface area contributed by atoms with Crippen molar-refractivity contribution in [3.63, 3.8) is 0 Å². The molecule has 1 aromatic rings. The van der Waals surface area contributed by atoms with Gasteiger partial charge < -0.3 is 10.1 Å². The van der Waals surface area contributed by atoms with Gasteiger partial charge in [-0.15, -0.1) is 0 Å². The highest BCUT2D eigenvalue weighted by Gasteiger charge is 2.17. The van der Waals surface area contributed by atoms with Crippen LogP contribution in [0.4, 0.5) is 0 Å². The van der Waals surface area contributed by atoms with Crippen molar-refractivity contribution in [2.45, 2.75) is 17.9 Å². The van der Waals surface area contributed by atoms with Gasteiger partial charge in [0.25, 0.3) is 5.91 Å². The summed E-state index contributed by atoms with van der Waals surface area (Å²) >= 11 is 0. The molecular weight excluding hydrogens is 306 g/mol. The van der Waals surface area contributed by atoms with Gasteiger partial charge in [-0.05, 0) is 25.1 Å². The number of nitrogens with one attached hydrogen (secondary N) is 1. The van der Waals surface area contributed by atoms with Crippen LogP contribution in [-0.2, 0) is 14.8 Å². The van der Waals surface area contributed by atoms with Crippen LogP contribution >= 0.6 is 0 Å². The van der Waals surface area contributed by atoms with Gasteiger partial charge in [0.1, 0.15) is 0 Å². The predicted molar refractivity (Wildman–Crippen MR) is 82.0 cm³/mol. The maximum absolute atomic E-state index is 12.2. The predicted octanol–water partition coefficient (Wildman–Crippen LogP) is -0.215. The van der Waals surface area contributed by atoms with E-state index in [1.54, 1.807) is 6.07 Å². The van der Waals surface area contributed by atoms with E-state index >= 15 is 0 Å². The summed E-state index contributed by atoms with van der Waals surface area (Å²) in [5.74, 6) is -0.314. The second kappa shape index (κ2) is 7.19. The van der Waals surface area contributed by atoms with Crippen LogP contribution in [-0.4, -0.2) is 58.1 Å². The Morgan fingerprint density at radius 2 is 2.09 bits per heavy atom. The van der Waals surface area contributed by atoms with E-state index in [-0.39, 0.29) is 22.4 Å². The fourth-order valence-electron chi connectivity index (χ4n) is 2.34. The van der Waals surface area contributed by atoms with Gasteiger partial charge in [-0.1, -0.05) is 6.07 Å². The number of carbonyl (C=O) groups excluding carboxylic acids is 1. The smallest absolute Gasteiger partial charge is 0.251 e. The number of nitrogens with zero attached hydrogens (tertiary/aromatic N) is 1. The van der Waals surface area contributed by atoms with Crippen LogP contribution in [0.1, 0.15) is 17.3 Å². The van der Waals surface area contributed by atoms with Crippen LogP contribution in [0.2, 0.25) is 0 Å². The maximum atomic E-state index is 12.2. The van der Waals surface area contributed by atoms with Crippen molar-refractivity contribution in [2.75, 3.05) is 32.8 Å². The normalized spacial score (nSPS) is 17.9. The monoisotopic (exact) mass is 327 g/mol.